The van der Waals surface area contributed by atoms with Gasteiger partial charge in [-0.3, -0.25) is 0 Å². The Labute approximate surface area is 123 Å². The zero-order chi connectivity index (χ0) is 14.2. The predicted octanol–water partition coefficient (Wildman–Crippen LogP) is 2.35. The molecule has 21 heavy (non-hydrogen) atoms. The van der Waals surface area contributed by atoms with E-state index in [1.54, 1.807) is 0 Å². The zero-order valence-corrected chi connectivity index (χ0v) is 11.8. The second-order valence-electron chi connectivity index (χ2n) is 6.00. The lowest BCUT2D eigenvalue weighted by Crippen LogP contribution is -2.17. The first-order chi connectivity index (χ1) is 10.3. The van der Waals surface area contributed by atoms with Gasteiger partial charge in [-0.2, -0.15) is 4.98 Å². The molecular formula is C16H19N3O2. The van der Waals surface area contributed by atoms with E-state index in [2.05, 4.69) is 22.3 Å². The van der Waals surface area contributed by atoms with Crippen molar-refractivity contribution >= 4 is 0 Å². The summed E-state index contributed by atoms with van der Waals surface area (Å²) in [7, 11) is 0. The minimum atomic E-state index is -0.256. The van der Waals surface area contributed by atoms with Crippen LogP contribution in [0.5, 0.6) is 0 Å². The average Bonchev–Trinajstić information content (AvgIpc) is 3.24. The van der Waals surface area contributed by atoms with Crippen LogP contribution in [-0.2, 0) is 11.2 Å². The van der Waals surface area contributed by atoms with Crippen LogP contribution in [0.15, 0.2) is 34.9 Å². The molecule has 3 unspecified atom stereocenters. The van der Waals surface area contributed by atoms with Gasteiger partial charge in [0.25, 0.3) is 0 Å². The molecule has 5 nitrogen and oxygen atoms in total. The predicted molar refractivity (Wildman–Crippen MR) is 76.6 cm³/mol. The Morgan fingerprint density at radius 2 is 2.10 bits per heavy atom. The maximum absolute atomic E-state index is 6.19. The molecule has 2 saturated heterocycles. The van der Waals surface area contributed by atoms with Crippen LogP contribution < -0.4 is 5.73 Å². The molecule has 2 N–H and O–H groups in total. The van der Waals surface area contributed by atoms with Crippen molar-refractivity contribution in [2.24, 2.45) is 5.73 Å². The highest BCUT2D eigenvalue weighted by Gasteiger charge is 2.43. The Hall–Kier alpha value is -1.72. The fraction of sp³-hybridized carbons (Fsp3) is 0.500. The molecule has 2 fully saturated rings. The summed E-state index contributed by atoms with van der Waals surface area (Å²) in [6, 6.07) is 9.87. The second-order valence-corrected chi connectivity index (χ2v) is 6.00. The highest BCUT2D eigenvalue weighted by molar-refractivity contribution is 5.17. The van der Waals surface area contributed by atoms with Crippen LogP contribution in [0.4, 0.5) is 0 Å². The monoisotopic (exact) mass is 285 g/mol. The van der Waals surface area contributed by atoms with Gasteiger partial charge in [0, 0.05) is 0 Å². The molecular weight excluding hydrogens is 266 g/mol. The number of nitrogens with two attached hydrogens (primary N) is 1. The lowest BCUT2D eigenvalue weighted by Gasteiger charge is -2.13. The van der Waals surface area contributed by atoms with Crippen molar-refractivity contribution < 1.29 is 9.26 Å². The largest absolute Gasteiger partial charge is 0.374 e. The molecule has 0 spiro atoms. The molecule has 4 rings (SSSR count). The van der Waals surface area contributed by atoms with Crippen molar-refractivity contribution in [3.05, 3.63) is 47.6 Å². The minimum Gasteiger partial charge on any atom is -0.374 e. The normalized spacial score (nSPS) is 28.9. The molecule has 1 aromatic heterocycles. The van der Waals surface area contributed by atoms with Crippen molar-refractivity contribution in [1.29, 1.82) is 0 Å². The van der Waals surface area contributed by atoms with Crippen molar-refractivity contribution in [3.63, 3.8) is 0 Å². The van der Waals surface area contributed by atoms with Gasteiger partial charge in [0.2, 0.25) is 5.89 Å². The van der Waals surface area contributed by atoms with Crippen LogP contribution >= 0.6 is 0 Å². The van der Waals surface area contributed by atoms with Gasteiger partial charge in [0.05, 0.1) is 24.2 Å². The van der Waals surface area contributed by atoms with Crippen molar-refractivity contribution in [2.75, 3.05) is 0 Å². The summed E-state index contributed by atoms with van der Waals surface area (Å²) in [5, 5.41) is 4.13. The van der Waals surface area contributed by atoms with E-state index in [-0.39, 0.29) is 18.1 Å². The molecule has 2 aliphatic heterocycles. The maximum atomic E-state index is 6.19. The lowest BCUT2D eigenvalue weighted by molar-refractivity contribution is 0.0996. The molecule has 110 valence electrons. The summed E-state index contributed by atoms with van der Waals surface area (Å²) < 4.78 is 11.2. The Kier molecular flexibility index (Phi) is 3.24. The van der Waals surface area contributed by atoms with Gasteiger partial charge in [-0.05, 0) is 31.2 Å². The Morgan fingerprint density at radius 3 is 2.81 bits per heavy atom. The third-order valence-corrected chi connectivity index (χ3v) is 4.51. The second kappa shape index (κ2) is 5.24. The number of rotatable bonds is 4. The lowest BCUT2D eigenvalue weighted by atomic mass is 9.89. The topological polar surface area (TPSA) is 74.2 Å². The first-order valence-electron chi connectivity index (χ1n) is 7.58. The third-order valence-electron chi connectivity index (χ3n) is 4.51. The van der Waals surface area contributed by atoms with Crippen molar-refractivity contribution in [2.45, 2.75) is 49.9 Å². The molecule has 2 bridgehead atoms. The van der Waals surface area contributed by atoms with E-state index in [0.717, 1.165) is 18.7 Å². The Bertz CT molecular complexity index is 613. The minimum absolute atomic E-state index is 0.256. The van der Waals surface area contributed by atoms with E-state index in [4.69, 9.17) is 15.0 Å². The van der Waals surface area contributed by atoms with Gasteiger partial charge in [0.15, 0.2) is 5.82 Å². The smallest absolute Gasteiger partial charge is 0.243 e. The number of fused-ring (bicyclic) bond motifs is 2. The molecule has 1 aromatic carbocycles. The Morgan fingerprint density at radius 1 is 1.24 bits per heavy atom. The molecule has 0 amide bonds. The third kappa shape index (κ3) is 2.47. The quantitative estimate of drug-likeness (QED) is 0.933. The molecule has 0 radical (unpaired) electrons. The Balaban J connectivity index is 1.47. The van der Waals surface area contributed by atoms with Gasteiger partial charge in [0.1, 0.15) is 0 Å². The van der Waals surface area contributed by atoms with Gasteiger partial charge in [-0.25, -0.2) is 0 Å². The van der Waals surface area contributed by atoms with Crippen LogP contribution in [-0.4, -0.2) is 22.3 Å². The molecule has 3 heterocycles. The maximum Gasteiger partial charge on any atom is 0.243 e. The number of benzene rings is 1. The first-order valence-corrected chi connectivity index (χ1v) is 7.58. The van der Waals surface area contributed by atoms with E-state index < -0.39 is 0 Å². The summed E-state index contributed by atoms with van der Waals surface area (Å²) in [6.07, 6.45) is 4.65. The van der Waals surface area contributed by atoms with Gasteiger partial charge < -0.3 is 15.0 Å². The molecule has 4 atom stereocenters. The summed E-state index contributed by atoms with van der Waals surface area (Å²) in [5.41, 5.74) is 7.36. The number of aromatic nitrogens is 2. The molecule has 0 saturated carbocycles. The SMILES string of the molecule is N[C@@H](Cc1ccccc1)c1nc(C2CC3CCC2O3)no1. The van der Waals surface area contributed by atoms with Crippen LogP contribution in [0.3, 0.4) is 0 Å². The summed E-state index contributed by atoms with van der Waals surface area (Å²) in [6.45, 7) is 0. The van der Waals surface area contributed by atoms with E-state index >= 15 is 0 Å². The van der Waals surface area contributed by atoms with Gasteiger partial charge in [-0.15, -0.1) is 0 Å². The number of hydrogen-bond acceptors (Lipinski definition) is 5. The summed E-state index contributed by atoms with van der Waals surface area (Å²) in [4.78, 5) is 4.52. The van der Waals surface area contributed by atoms with Crippen LogP contribution in [0.1, 0.15) is 48.5 Å². The van der Waals surface area contributed by atoms with E-state index in [9.17, 15) is 0 Å². The first kappa shape index (κ1) is 13.0. The fourth-order valence-corrected chi connectivity index (χ4v) is 3.41. The van der Waals surface area contributed by atoms with E-state index in [0.29, 0.717) is 18.4 Å². The van der Waals surface area contributed by atoms with Gasteiger partial charge in [-0.1, -0.05) is 35.5 Å². The van der Waals surface area contributed by atoms with Crippen LogP contribution in [0.25, 0.3) is 0 Å². The highest BCUT2D eigenvalue weighted by atomic mass is 16.5. The highest BCUT2D eigenvalue weighted by Crippen LogP contribution is 2.43. The van der Waals surface area contributed by atoms with Crippen LogP contribution in [0.2, 0.25) is 0 Å². The molecule has 0 aliphatic carbocycles. The van der Waals surface area contributed by atoms with E-state index in [1.165, 1.54) is 12.0 Å². The zero-order valence-electron chi connectivity index (χ0n) is 11.8. The average molecular weight is 285 g/mol. The number of ether oxygens (including phenoxy) is 1. The van der Waals surface area contributed by atoms with Crippen LogP contribution in [0, 0.1) is 0 Å². The summed E-state index contributed by atoms with van der Waals surface area (Å²) >= 11 is 0. The van der Waals surface area contributed by atoms with Gasteiger partial charge >= 0.3 is 0 Å². The molecule has 5 heteroatoms. The molecule has 2 aromatic rings. The molecule has 2 aliphatic rings. The number of nitrogens with zero attached hydrogens (tertiary/aromatic N) is 2. The summed E-state index contributed by atoms with van der Waals surface area (Å²) in [5.74, 6) is 1.57. The van der Waals surface area contributed by atoms with Crippen molar-refractivity contribution in [1.82, 2.24) is 10.1 Å². The van der Waals surface area contributed by atoms with Crippen molar-refractivity contribution in [3.8, 4) is 0 Å². The number of hydrogen-bond donors (Lipinski definition) is 1. The fourth-order valence-electron chi connectivity index (χ4n) is 3.41. The van der Waals surface area contributed by atoms with E-state index in [1.807, 2.05) is 18.2 Å². The standard InChI is InChI=1S/C16H19N3O2/c17-13(8-10-4-2-1-3-5-10)16-18-15(19-21-16)12-9-11-6-7-14(12)20-11/h1-5,11-14H,6-9,17H2/t11?,12?,13-,14?/m0/s1.